The molecule has 0 unspecified atom stereocenters. The van der Waals surface area contributed by atoms with Gasteiger partial charge in [-0.05, 0) is 29.2 Å². The Kier molecular flexibility index (Phi) is 3.71. The molecule has 2 heteroatoms. The standard InChI is InChI=1S/C21H26N2/c1-14(2)15(3)23(6)19-13-9-11-17-20(19)22-18-12-8-7-10-16(18)21(17,4)5/h7-14,22H,3H2,1-2,4-6H3. The number of allylic oxidation sites excluding steroid dienone is 1. The van der Waals surface area contributed by atoms with Gasteiger partial charge in [0.25, 0.3) is 0 Å². The maximum Gasteiger partial charge on any atom is 0.0667 e. The molecule has 120 valence electrons. The number of anilines is 3. The summed E-state index contributed by atoms with van der Waals surface area (Å²) in [5, 5.41) is 3.66. The molecule has 23 heavy (non-hydrogen) atoms. The third-order valence-electron chi connectivity index (χ3n) is 5.03. The van der Waals surface area contributed by atoms with E-state index in [9.17, 15) is 0 Å². The van der Waals surface area contributed by atoms with Crippen LogP contribution in [-0.4, -0.2) is 7.05 Å². The lowest BCUT2D eigenvalue weighted by atomic mass is 9.74. The third-order valence-corrected chi connectivity index (χ3v) is 5.03. The van der Waals surface area contributed by atoms with Crippen molar-refractivity contribution in [3.05, 3.63) is 65.9 Å². The molecular formula is C21H26N2. The Morgan fingerprint density at radius 2 is 1.70 bits per heavy atom. The smallest absolute Gasteiger partial charge is 0.0667 e. The number of rotatable bonds is 3. The van der Waals surface area contributed by atoms with Gasteiger partial charge in [-0.3, -0.25) is 0 Å². The number of benzene rings is 2. The van der Waals surface area contributed by atoms with Gasteiger partial charge in [0.2, 0.25) is 0 Å². The van der Waals surface area contributed by atoms with Gasteiger partial charge in [-0.15, -0.1) is 0 Å². The van der Waals surface area contributed by atoms with Gasteiger partial charge in [0, 0.05) is 23.8 Å². The van der Waals surface area contributed by atoms with Crippen molar-refractivity contribution in [2.24, 2.45) is 5.92 Å². The average Bonchev–Trinajstić information content (AvgIpc) is 2.53. The van der Waals surface area contributed by atoms with Crippen LogP contribution in [0, 0.1) is 5.92 Å². The minimum atomic E-state index is -0.0206. The molecule has 0 fully saturated rings. The SMILES string of the molecule is C=C(C(C)C)N(C)c1cccc2c1Nc1ccccc1C2(C)C. The molecule has 0 saturated heterocycles. The minimum absolute atomic E-state index is 0.0206. The van der Waals surface area contributed by atoms with E-state index in [2.05, 4.69) is 94.0 Å². The predicted octanol–water partition coefficient (Wildman–Crippen LogP) is 5.68. The zero-order valence-electron chi connectivity index (χ0n) is 14.8. The van der Waals surface area contributed by atoms with Crippen molar-refractivity contribution in [3.8, 4) is 0 Å². The molecule has 0 amide bonds. The number of hydrogen-bond acceptors (Lipinski definition) is 2. The first-order valence-electron chi connectivity index (χ1n) is 8.26. The summed E-state index contributed by atoms with van der Waals surface area (Å²) in [5.74, 6) is 0.416. The summed E-state index contributed by atoms with van der Waals surface area (Å²) in [7, 11) is 2.10. The van der Waals surface area contributed by atoms with E-state index in [-0.39, 0.29) is 5.41 Å². The summed E-state index contributed by atoms with van der Waals surface area (Å²) in [6.07, 6.45) is 0. The summed E-state index contributed by atoms with van der Waals surface area (Å²) < 4.78 is 0. The summed E-state index contributed by atoms with van der Waals surface area (Å²) in [4.78, 5) is 2.21. The summed E-state index contributed by atoms with van der Waals surface area (Å²) >= 11 is 0. The van der Waals surface area contributed by atoms with Gasteiger partial charge < -0.3 is 10.2 Å². The van der Waals surface area contributed by atoms with Crippen LogP contribution in [0.3, 0.4) is 0 Å². The van der Waals surface area contributed by atoms with Crippen molar-refractivity contribution in [2.45, 2.75) is 33.1 Å². The lowest BCUT2D eigenvalue weighted by molar-refractivity contribution is 0.637. The average molecular weight is 306 g/mol. The molecule has 0 aliphatic carbocycles. The van der Waals surface area contributed by atoms with Crippen molar-refractivity contribution >= 4 is 17.1 Å². The molecule has 1 aliphatic heterocycles. The van der Waals surface area contributed by atoms with Gasteiger partial charge in [-0.1, -0.05) is 64.6 Å². The number of nitrogens with zero attached hydrogens (tertiary/aromatic N) is 1. The van der Waals surface area contributed by atoms with Crippen molar-refractivity contribution in [1.29, 1.82) is 0 Å². The molecule has 1 heterocycles. The summed E-state index contributed by atoms with van der Waals surface area (Å²) in [5.41, 5.74) is 7.35. The van der Waals surface area contributed by atoms with Gasteiger partial charge in [0.05, 0.1) is 11.4 Å². The molecule has 0 saturated carbocycles. The second-order valence-electron chi connectivity index (χ2n) is 7.20. The van der Waals surface area contributed by atoms with Crippen LogP contribution in [0.25, 0.3) is 0 Å². The normalized spacial score (nSPS) is 14.7. The highest BCUT2D eigenvalue weighted by molar-refractivity contribution is 5.85. The molecular weight excluding hydrogens is 280 g/mol. The van der Waals surface area contributed by atoms with Gasteiger partial charge >= 0.3 is 0 Å². The Morgan fingerprint density at radius 3 is 2.39 bits per heavy atom. The van der Waals surface area contributed by atoms with E-state index in [4.69, 9.17) is 0 Å². The molecule has 2 nitrogen and oxygen atoms in total. The number of fused-ring (bicyclic) bond motifs is 2. The highest BCUT2D eigenvalue weighted by atomic mass is 15.1. The molecule has 0 spiro atoms. The Hall–Kier alpha value is -2.22. The molecule has 2 aromatic carbocycles. The minimum Gasteiger partial charge on any atom is -0.353 e. The Morgan fingerprint density at radius 1 is 1.04 bits per heavy atom. The first kappa shape index (κ1) is 15.7. The van der Waals surface area contributed by atoms with Gasteiger partial charge in [-0.25, -0.2) is 0 Å². The van der Waals surface area contributed by atoms with Crippen LogP contribution in [0.4, 0.5) is 17.1 Å². The lowest BCUT2D eigenvalue weighted by Gasteiger charge is -2.38. The Labute approximate surface area is 139 Å². The fourth-order valence-corrected chi connectivity index (χ4v) is 3.43. The van der Waals surface area contributed by atoms with E-state index >= 15 is 0 Å². The van der Waals surface area contributed by atoms with Crippen LogP contribution >= 0.6 is 0 Å². The Bertz CT molecular complexity index is 756. The zero-order valence-corrected chi connectivity index (χ0v) is 14.8. The second kappa shape index (κ2) is 5.45. The number of para-hydroxylation sites is 2. The predicted molar refractivity (Wildman–Crippen MR) is 101 cm³/mol. The quantitative estimate of drug-likeness (QED) is 0.785. The second-order valence-corrected chi connectivity index (χ2v) is 7.20. The van der Waals surface area contributed by atoms with Crippen molar-refractivity contribution < 1.29 is 0 Å². The summed E-state index contributed by atoms with van der Waals surface area (Å²) in [6, 6.07) is 15.1. The molecule has 1 N–H and O–H groups in total. The molecule has 0 atom stereocenters. The lowest BCUT2D eigenvalue weighted by Crippen LogP contribution is -2.28. The Balaban J connectivity index is 2.16. The third kappa shape index (κ3) is 2.42. The van der Waals surface area contributed by atoms with E-state index in [1.807, 2.05) is 0 Å². The van der Waals surface area contributed by atoms with Crippen LogP contribution in [0.5, 0.6) is 0 Å². The molecule has 1 aliphatic rings. The summed E-state index contributed by atoms with van der Waals surface area (Å²) in [6.45, 7) is 13.2. The number of hydrogen-bond donors (Lipinski definition) is 1. The van der Waals surface area contributed by atoms with E-state index in [0.717, 1.165) is 5.70 Å². The van der Waals surface area contributed by atoms with Gasteiger partial charge in [0.1, 0.15) is 0 Å². The molecule has 0 bridgehead atoms. The van der Waals surface area contributed by atoms with Crippen LogP contribution in [-0.2, 0) is 5.41 Å². The largest absolute Gasteiger partial charge is 0.353 e. The first-order chi connectivity index (χ1) is 10.8. The first-order valence-corrected chi connectivity index (χ1v) is 8.26. The van der Waals surface area contributed by atoms with Crippen molar-refractivity contribution in [2.75, 3.05) is 17.3 Å². The topological polar surface area (TPSA) is 15.3 Å². The van der Waals surface area contributed by atoms with Gasteiger partial charge in [0.15, 0.2) is 0 Å². The van der Waals surface area contributed by atoms with Crippen LogP contribution in [0.1, 0.15) is 38.8 Å². The monoisotopic (exact) mass is 306 g/mol. The van der Waals surface area contributed by atoms with Crippen molar-refractivity contribution in [3.63, 3.8) is 0 Å². The van der Waals surface area contributed by atoms with Gasteiger partial charge in [-0.2, -0.15) is 0 Å². The van der Waals surface area contributed by atoms with Crippen LogP contribution < -0.4 is 10.2 Å². The van der Waals surface area contributed by atoms with E-state index in [0.29, 0.717) is 5.92 Å². The fraction of sp³-hybridized carbons (Fsp3) is 0.333. The van der Waals surface area contributed by atoms with Crippen LogP contribution in [0.2, 0.25) is 0 Å². The molecule has 0 aromatic heterocycles. The van der Waals surface area contributed by atoms with Crippen LogP contribution in [0.15, 0.2) is 54.7 Å². The molecule has 0 radical (unpaired) electrons. The number of nitrogens with one attached hydrogen (secondary N) is 1. The van der Waals surface area contributed by atoms with E-state index < -0.39 is 0 Å². The van der Waals surface area contributed by atoms with Crippen molar-refractivity contribution in [1.82, 2.24) is 0 Å². The van der Waals surface area contributed by atoms with E-state index in [1.54, 1.807) is 0 Å². The highest BCUT2D eigenvalue weighted by Gasteiger charge is 2.34. The van der Waals surface area contributed by atoms with E-state index in [1.165, 1.54) is 28.2 Å². The zero-order chi connectivity index (χ0) is 16.8. The highest BCUT2D eigenvalue weighted by Crippen LogP contribution is 2.48. The molecule has 2 aromatic rings. The maximum atomic E-state index is 4.26. The fourth-order valence-electron chi connectivity index (χ4n) is 3.43. The maximum absolute atomic E-state index is 4.26. The molecule has 3 rings (SSSR count).